The summed E-state index contributed by atoms with van der Waals surface area (Å²) < 4.78 is 9.24. The summed E-state index contributed by atoms with van der Waals surface area (Å²) in [5.74, 6) is -0.612. The minimum atomic E-state index is -0.961. The van der Waals surface area contributed by atoms with Gasteiger partial charge in [-0.1, -0.05) is 0 Å². The average Bonchev–Trinajstić information content (AvgIpc) is 2.00. The Morgan fingerprint density at radius 2 is 2.25 bits per heavy atom. The van der Waals surface area contributed by atoms with Gasteiger partial charge in [0.05, 0.1) is 13.2 Å². The number of carbonyl (C=O) groups excluding carboxylic acids is 1. The lowest BCUT2D eigenvalue weighted by molar-refractivity contribution is -0.252. The van der Waals surface area contributed by atoms with Crippen molar-refractivity contribution in [3.05, 3.63) is 0 Å². The van der Waals surface area contributed by atoms with E-state index < -0.39 is 30.4 Å². The Morgan fingerprint density at radius 3 is 2.58 bits per heavy atom. The molecule has 70 valence electrons. The monoisotopic (exact) mass is 176 g/mol. The van der Waals surface area contributed by atoms with Crippen molar-refractivity contribution in [3.8, 4) is 0 Å². The normalized spacial score (nSPS) is 36.8. The SMILES string of the molecule is COC(=O)[C@@H]1O[C@@H]([C@H](C)O)[C@@H]1O. The van der Waals surface area contributed by atoms with Crippen molar-refractivity contribution in [2.75, 3.05) is 7.11 Å². The van der Waals surface area contributed by atoms with E-state index in [-0.39, 0.29) is 0 Å². The molecule has 1 aliphatic rings. The highest BCUT2D eigenvalue weighted by Gasteiger charge is 2.48. The van der Waals surface area contributed by atoms with Crippen molar-refractivity contribution >= 4 is 5.97 Å². The first-order valence-electron chi connectivity index (χ1n) is 3.67. The summed E-state index contributed by atoms with van der Waals surface area (Å²) in [4.78, 5) is 10.8. The third-order valence-electron chi connectivity index (χ3n) is 1.86. The number of carbonyl (C=O) groups is 1. The molecule has 1 rings (SSSR count). The van der Waals surface area contributed by atoms with E-state index in [0.29, 0.717) is 0 Å². The van der Waals surface area contributed by atoms with E-state index in [1.165, 1.54) is 14.0 Å². The number of rotatable bonds is 2. The largest absolute Gasteiger partial charge is 0.467 e. The molecule has 2 N–H and O–H groups in total. The van der Waals surface area contributed by atoms with Crippen LogP contribution in [0.5, 0.6) is 0 Å². The van der Waals surface area contributed by atoms with Crippen molar-refractivity contribution in [2.24, 2.45) is 0 Å². The third-order valence-corrected chi connectivity index (χ3v) is 1.86. The van der Waals surface area contributed by atoms with E-state index in [9.17, 15) is 9.90 Å². The zero-order valence-corrected chi connectivity index (χ0v) is 6.93. The first kappa shape index (κ1) is 9.44. The Bertz CT molecular complexity index is 179. The summed E-state index contributed by atoms with van der Waals surface area (Å²) in [5.41, 5.74) is 0. The molecule has 5 nitrogen and oxygen atoms in total. The van der Waals surface area contributed by atoms with Crippen LogP contribution in [0, 0.1) is 0 Å². The minimum absolute atomic E-state index is 0.612. The zero-order chi connectivity index (χ0) is 9.30. The molecule has 1 fully saturated rings. The van der Waals surface area contributed by atoms with E-state index >= 15 is 0 Å². The first-order chi connectivity index (χ1) is 5.57. The molecule has 1 aliphatic heterocycles. The smallest absolute Gasteiger partial charge is 0.337 e. The molecule has 0 saturated carbocycles. The molecule has 0 aliphatic carbocycles. The van der Waals surface area contributed by atoms with Crippen molar-refractivity contribution < 1.29 is 24.5 Å². The van der Waals surface area contributed by atoms with Crippen LogP contribution < -0.4 is 0 Å². The fourth-order valence-electron chi connectivity index (χ4n) is 1.12. The minimum Gasteiger partial charge on any atom is -0.467 e. The molecule has 0 unspecified atom stereocenters. The lowest BCUT2D eigenvalue weighted by Crippen LogP contribution is -2.61. The van der Waals surface area contributed by atoms with Crippen LogP contribution in [0.3, 0.4) is 0 Å². The molecule has 4 atom stereocenters. The second-order valence-corrected chi connectivity index (χ2v) is 2.78. The second-order valence-electron chi connectivity index (χ2n) is 2.78. The van der Waals surface area contributed by atoms with Gasteiger partial charge in [-0.2, -0.15) is 0 Å². The highest BCUT2D eigenvalue weighted by atomic mass is 16.6. The fourth-order valence-corrected chi connectivity index (χ4v) is 1.12. The predicted octanol–water partition coefficient (Wildman–Crippen LogP) is -1.33. The lowest BCUT2D eigenvalue weighted by Gasteiger charge is -2.40. The standard InChI is InChI=1S/C7H12O5/c1-3(8)5-4(9)6(12-5)7(10)11-2/h3-6,8-9H,1-2H3/t3-,4-,5-,6+/m0/s1. The van der Waals surface area contributed by atoms with Gasteiger partial charge in [-0.15, -0.1) is 0 Å². The van der Waals surface area contributed by atoms with Crippen LogP contribution in [0.4, 0.5) is 0 Å². The molecule has 0 amide bonds. The van der Waals surface area contributed by atoms with E-state index in [1.807, 2.05) is 0 Å². The number of aliphatic hydroxyl groups is 2. The average molecular weight is 176 g/mol. The Kier molecular flexibility index (Phi) is 2.66. The van der Waals surface area contributed by atoms with Crippen LogP contribution in [0.1, 0.15) is 6.92 Å². The summed E-state index contributed by atoms with van der Waals surface area (Å²) >= 11 is 0. The van der Waals surface area contributed by atoms with Crippen LogP contribution in [-0.4, -0.2) is 47.7 Å². The second kappa shape index (κ2) is 3.38. The summed E-state index contributed by atoms with van der Waals surface area (Å²) in [6.07, 6.45) is -3.35. The molecule has 0 spiro atoms. The van der Waals surface area contributed by atoms with Gasteiger partial charge < -0.3 is 19.7 Å². The van der Waals surface area contributed by atoms with E-state index in [2.05, 4.69) is 4.74 Å². The Labute approximate surface area is 69.9 Å². The van der Waals surface area contributed by atoms with Gasteiger partial charge in [-0.05, 0) is 6.92 Å². The molecular weight excluding hydrogens is 164 g/mol. The Hall–Kier alpha value is -0.650. The van der Waals surface area contributed by atoms with E-state index in [0.717, 1.165) is 0 Å². The van der Waals surface area contributed by atoms with Gasteiger partial charge in [0.2, 0.25) is 0 Å². The van der Waals surface area contributed by atoms with Gasteiger partial charge in [0.15, 0.2) is 6.10 Å². The number of hydrogen-bond donors (Lipinski definition) is 2. The molecule has 0 aromatic rings. The van der Waals surface area contributed by atoms with Crippen LogP contribution in [-0.2, 0) is 14.3 Å². The van der Waals surface area contributed by atoms with E-state index in [1.54, 1.807) is 0 Å². The number of methoxy groups -OCH3 is 1. The number of aliphatic hydroxyl groups excluding tert-OH is 2. The molecule has 1 saturated heterocycles. The summed E-state index contributed by atoms with van der Waals surface area (Å²) in [6, 6.07) is 0. The molecule has 5 heteroatoms. The van der Waals surface area contributed by atoms with Crippen molar-refractivity contribution in [1.29, 1.82) is 0 Å². The van der Waals surface area contributed by atoms with Crippen LogP contribution in [0.15, 0.2) is 0 Å². The summed E-state index contributed by atoms with van der Waals surface area (Å²) in [5, 5.41) is 18.2. The zero-order valence-electron chi connectivity index (χ0n) is 6.93. The molecule has 0 radical (unpaired) electrons. The summed E-state index contributed by atoms with van der Waals surface area (Å²) in [6.45, 7) is 1.49. The predicted molar refractivity (Wildman–Crippen MR) is 38.4 cm³/mol. The van der Waals surface area contributed by atoms with E-state index in [4.69, 9.17) is 9.84 Å². The van der Waals surface area contributed by atoms with Gasteiger partial charge in [-0.3, -0.25) is 0 Å². The van der Waals surface area contributed by atoms with Gasteiger partial charge in [0.25, 0.3) is 0 Å². The van der Waals surface area contributed by atoms with Crippen LogP contribution >= 0.6 is 0 Å². The van der Waals surface area contributed by atoms with Crippen LogP contribution in [0.2, 0.25) is 0 Å². The van der Waals surface area contributed by atoms with Crippen molar-refractivity contribution in [1.82, 2.24) is 0 Å². The van der Waals surface area contributed by atoms with Gasteiger partial charge in [-0.25, -0.2) is 4.79 Å². The van der Waals surface area contributed by atoms with Gasteiger partial charge >= 0.3 is 5.97 Å². The van der Waals surface area contributed by atoms with Crippen LogP contribution in [0.25, 0.3) is 0 Å². The third kappa shape index (κ3) is 1.43. The molecule has 12 heavy (non-hydrogen) atoms. The quantitative estimate of drug-likeness (QED) is 0.510. The number of ether oxygens (including phenoxy) is 2. The lowest BCUT2D eigenvalue weighted by atomic mass is 9.97. The highest BCUT2D eigenvalue weighted by molar-refractivity contribution is 5.76. The highest BCUT2D eigenvalue weighted by Crippen LogP contribution is 2.24. The maximum atomic E-state index is 10.8. The Balaban J connectivity index is 2.43. The van der Waals surface area contributed by atoms with Crippen molar-refractivity contribution in [2.45, 2.75) is 31.3 Å². The number of esters is 1. The first-order valence-corrected chi connectivity index (χ1v) is 3.67. The van der Waals surface area contributed by atoms with Crippen molar-refractivity contribution in [3.63, 3.8) is 0 Å². The summed E-state index contributed by atoms with van der Waals surface area (Å²) in [7, 11) is 1.22. The Morgan fingerprint density at radius 1 is 1.67 bits per heavy atom. The number of hydrogen-bond acceptors (Lipinski definition) is 5. The fraction of sp³-hybridized carbons (Fsp3) is 0.857. The maximum Gasteiger partial charge on any atom is 0.337 e. The molecule has 0 aromatic carbocycles. The van der Waals surface area contributed by atoms with Gasteiger partial charge in [0, 0.05) is 0 Å². The van der Waals surface area contributed by atoms with Gasteiger partial charge in [0.1, 0.15) is 12.2 Å². The molecular formula is C7H12O5. The molecule has 0 bridgehead atoms. The maximum absolute atomic E-state index is 10.8. The molecule has 0 aromatic heterocycles. The topological polar surface area (TPSA) is 76.0 Å². The molecule has 1 heterocycles.